The zero-order chi connectivity index (χ0) is 15.9. The van der Waals surface area contributed by atoms with Crippen LogP contribution in [-0.4, -0.2) is 19.1 Å². The molecule has 2 amide bonds. The summed E-state index contributed by atoms with van der Waals surface area (Å²) in [5.41, 5.74) is 1.21. The molecule has 0 aliphatic heterocycles. The van der Waals surface area contributed by atoms with Gasteiger partial charge in [-0.15, -0.1) is 11.3 Å². The summed E-state index contributed by atoms with van der Waals surface area (Å²) in [5.74, 6) is 0.330. The number of ether oxygens (including phenoxy) is 1. The summed E-state index contributed by atoms with van der Waals surface area (Å²) < 4.78 is 29.4. The van der Waals surface area contributed by atoms with E-state index < -0.39 is 13.0 Å². The molecule has 0 atom stereocenters. The molecule has 118 valence electrons. The van der Waals surface area contributed by atoms with Gasteiger partial charge in [0.25, 0.3) is 6.43 Å². The Morgan fingerprint density at radius 3 is 2.86 bits per heavy atom. The molecule has 1 heterocycles. The van der Waals surface area contributed by atoms with Gasteiger partial charge in [0.15, 0.2) is 0 Å². The van der Waals surface area contributed by atoms with E-state index in [9.17, 15) is 13.6 Å². The van der Waals surface area contributed by atoms with Crippen LogP contribution in [0.2, 0.25) is 0 Å². The molecule has 22 heavy (non-hydrogen) atoms. The van der Waals surface area contributed by atoms with E-state index in [0.717, 1.165) is 10.4 Å². The van der Waals surface area contributed by atoms with Gasteiger partial charge in [0.1, 0.15) is 12.4 Å². The van der Waals surface area contributed by atoms with Gasteiger partial charge in [-0.2, -0.15) is 0 Å². The Morgan fingerprint density at radius 2 is 2.18 bits per heavy atom. The van der Waals surface area contributed by atoms with Crippen molar-refractivity contribution in [3.05, 3.63) is 46.2 Å². The normalized spacial score (nSPS) is 10.5. The van der Waals surface area contributed by atoms with Crippen LogP contribution in [0.25, 0.3) is 0 Å². The average Bonchev–Trinajstić information content (AvgIpc) is 2.99. The number of rotatable bonds is 6. The molecular weight excluding hydrogens is 310 g/mol. The molecule has 0 unspecified atom stereocenters. The number of halogens is 2. The fraction of sp³-hybridized carbons (Fsp3) is 0.267. The molecular formula is C15H16F2N2O2S. The SMILES string of the molecule is Cc1ccc(NC(=O)NCc2cccs2)cc1OCC(F)F. The first kappa shape index (κ1) is 16.2. The Morgan fingerprint density at radius 1 is 1.36 bits per heavy atom. The average molecular weight is 326 g/mol. The summed E-state index contributed by atoms with van der Waals surface area (Å²) in [6.45, 7) is 1.51. The fourth-order valence-electron chi connectivity index (χ4n) is 1.74. The summed E-state index contributed by atoms with van der Waals surface area (Å²) in [6.07, 6.45) is -2.54. The summed E-state index contributed by atoms with van der Waals surface area (Å²) >= 11 is 1.55. The smallest absolute Gasteiger partial charge is 0.319 e. The predicted molar refractivity (Wildman–Crippen MR) is 82.9 cm³/mol. The number of urea groups is 1. The van der Waals surface area contributed by atoms with E-state index >= 15 is 0 Å². The number of carbonyl (C=O) groups excluding carboxylic acids is 1. The van der Waals surface area contributed by atoms with E-state index in [4.69, 9.17) is 4.74 Å². The molecule has 2 N–H and O–H groups in total. The lowest BCUT2D eigenvalue weighted by Gasteiger charge is -2.12. The molecule has 0 radical (unpaired) electrons. The van der Waals surface area contributed by atoms with E-state index in [1.807, 2.05) is 17.5 Å². The monoisotopic (exact) mass is 326 g/mol. The van der Waals surface area contributed by atoms with E-state index in [1.165, 1.54) is 6.07 Å². The third-order valence-corrected chi connectivity index (χ3v) is 3.69. The molecule has 7 heteroatoms. The van der Waals surface area contributed by atoms with Crippen molar-refractivity contribution in [2.45, 2.75) is 19.9 Å². The van der Waals surface area contributed by atoms with Crippen molar-refractivity contribution in [3.63, 3.8) is 0 Å². The molecule has 0 bridgehead atoms. The third kappa shape index (κ3) is 5.00. The first-order valence-electron chi connectivity index (χ1n) is 6.63. The summed E-state index contributed by atoms with van der Waals surface area (Å²) in [4.78, 5) is 12.8. The maximum atomic E-state index is 12.2. The number of nitrogens with one attached hydrogen (secondary N) is 2. The van der Waals surface area contributed by atoms with Crippen LogP contribution in [0.1, 0.15) is 10.4 Å². The van der Waals surface area contributed by atoms with Crippen LogP contribution in [0.3, 0.4) is 0 Å². The highest BCUT2D eigenvalue weighted by molar-refractivity contribution is 7.09. The van der Waals surface area contributed by atoms with Crippen molar-refractivity contribution in [1.82, 2.24) is 5.32 Å². The van der Waals surface area contributed by atoms with Gasteiger partial charge in [0.05, 0.1) is 6.54 Å². The predicted octanol–water partition coefficient (Wildman–Crippen LogP) is 4.02. The lowest BCUT2D eigenvalue weighted by molar-refractivity contribution is 0.0816. The summed E-state index contributed by atoms with van der Waals surface area (Å²) in [7, 11) is 0. The molecule has 0 spiro atoms. The Hall–Kier alpha value is -2.15. The van der Waals surface area contributed by atoms with Crippen molar-refractivity contribution < 1.29 is 18.3 Å². The molecule has 4 nitrogen and oxygen atoms in total. The lowest BCUT2D eigenvalue weighted by atomic mass is 10.2. The van der Waals surface area contributed by atoms with Crippen molar-refractivity contribution in [3.8, 4) is 5.75 Å². The van der Waals surface area contributed by atoms with Gasteiger partial charge in [0, 0.05) is 16.6 Å². The van der Waals surface area contributed by atoms with E-state index in [1.54, 1.807) is 30.4 Å². The highest BCUT2D eigenvalue weighted by Crippen LogP contribution is 2.23. The number of hydrogen-bond acceptors (Lipinski definition) is 3. The number of thiophene rings is 1. The molecule has 1 aromatic heterocycles. The third-order valence-electron chi connectivity index (χ3n) is 2.81. The zero-order valence-corrected chi connectivity index (χ0v) is 12.8. The summed E-state index contributed by atoms with van der Waals surface area (Å²) in [5, 5.41) is 7.30. The Balaban J connectivity index is 1.91. The number of anilines is 1. The largest absolute Gasteiger partial charge is 0.487 e. The van der Waals surface area contributed by atoms with Crippen LogP contribution in [-0.2, 0) is 6.54 Å². The lowest BCUT2D eigenvalue weighted by Crippen LogP contribution is -2.27. The minimum atomic E-state index is -2.54. The number of amides is 2. The van der Waals surface area contributed by atoms with Crippen LogP contribution >= 0.6 is 11.3 Å². The second-order valence-corrected chi connectivity index (χ2v) is 5.60. The molecule has 0 saturated carbocycles. The second-order valence-electron chi connectivity index (χ2n) is 4.57. The van der Waals surface area contributed by atoms with E-state index in [-0.39, 0.29) is 6.03 Å². The Bertz CT molecular complexity index is 618. The van der Waals surface area contributed by atoms with Crippen LogP contribution < -0.4 is 15.4 Å². The van der Waals surface area contributed by atoms with Gasteiger partial charge in [-0.1, -0.05) is 12.1 Å². The molecule has 0 aliphatic rings. The maximum Gasteiger partial charge on any atom is 0.319 e. The molecule has 2 rings (SSSR count). The van der Waals surface area contributed by atoms with Crippen molar-refractivity contribution in [2.24, 2.45) is 0 Å². The second kappa shape index (κ2) is 7.74. The van der Waals surface area contributed by atoms with Crippen LogP contribution in [0.15, 0.2) is 35.7 Å². The highest BCUT2D eigenvalue weighted by atomic mass is 32.1. The highest BCUT2D eigenvalue weighted by Gasteiger charge is 2.08. The molecule has 0 fully saturated rings. The van der Waals surface area contributed by atoms with Crippen LogP contribution in [0, 0.1) is 6.92 Å². The summed E-state index contributed by atoms with van der Waals surface area (Å²) in [6, 6.07) is 8.39. The number of hydrogen-bond donors (Lipinski definition) is 2. The Labute approximate surface area is 131 Å². The first-order chi connectivity index (χ1) is 10.5. The zero-order valence-electron chi connectivity index (χ0n) is 11.9. The van der Waals surface area contributed by atoms with Crippen molar-refractivity contribution in [2.75, 3.05) is 11.9 Å². The van der Waals surface area contributed by atoms with Crippen LogP contribution in [0.5, 0.6) is 5.75 Å². The van der Waals surface area contributed by atoms with Crippen LogP contribution in [0.4, 0.5) is 19.3 Å². The van der Waals surface area contributed by atoms with Gasteiger partial charge in [-0.25, -0.2) is 13.6 Å². The standard InChI is InChI=1S/C15H16F2N2O2S/c1-10-4-5-11(7-13(10)21-9-14(16)17)19-15(20)18-8-12-3-2-6-22-12/h2-7,14H,8-9H2,1H3,(H2,18,19,20). The molecule has 0 aliphatic carbocycles. The number of benzene rings is 1. The van der Waals surface area contributed by atoms with E-state index in [0.29, 0.717) is 18.0 Å². The molecule has 0 saturated heterocycles. The first-order valence-corrected chi connectivity index (χ1v) is 7.51. The van der Waals surface area contributed by atoms with Gasteiger partial charge in [-0.05, 0) is 30.0 Å². The van der Waals surface area contributed by atoms with Crippen molar-refractivity contribution >= 4 is 23.1 Å². The van der Waals surface area contributed by atoms with Gasteiger partial charge < -0.3 is 15.4 Å². The Kier molecular flexibility index (Phi) is 5.71. The maximum absolute atomic E-state index is 12.2. The fourth-order valence-corrected chi connectivity index (χ4v) is 2.39. The van der Waals surface area contributed by atoms with E-state index in [2.05, 4.69) is 10.6 Å². The van der Waals surface area contributed by atoms with Crippen molar-refractivity contribution in [1.29, 1.82) is 0 Å². The quantitative estimate of drug-likeness (QED) is 0.842. The van der Waals surface area contributed by atoms with Gasteiger partial charge in [-0.3, -0.25) is 0 Å². The number of aryl methyl sites for hydroxylation is 1. The van der Waals surface area contributed by atoms with Gasteiger partial charge >= 0.3 is 6.03 Å². The molecule has 1 aromatic carbocycles. The molecule has 2 aromatic rings. The van der Waals surface area contributed by atoms with Gasteiger partial charge in [0.2, 0.25) is 0 Å². The minimum absolute atomic E-state index is 0.330. The number of carbonyl (C=O) groups is 1. The minimum Gasteiger partial charge on any atom is -0.487 e. The topological polar surface area (TPSA) is 50.4 Å². The number of alkyl halides is 2.